The first kappa shape index (κ1) is 19.6. The summed E-state index contributed by atoms with van der Waals surface area (Å²) in [4.78, 5) is 14.4. The maximum Gasteiger partial charge on any atom is 0.316 e. The van der Waals surface area contributed by atoms with Crippen molar-refractivity contribution >= 4 is 23.3 Å². The third kappa shape index (κ3) is 4.76. The van der Waals surface area contributed by atoms with Gasteiger partial charge in [0.1, 0.15) is 18.1 Å². The summed E-state index contributed by atoms with van der Waals surface area (Å²) in [7, 11) is 0. The maximum atomic E-state index is 13.5. The van der Waals surface area contributed by atoms with Crippen LogP contribution in [-0.2, 0) is 5.92 Å². The van der Waals surface area contributed by atoms with Gasteiger partial charge in [0.15, 0.2) is 0 Å². The molecule has 0 aliphatic carbocycles. The molecule has 1 fully saturated rings. The van der Waals surface area contributed by atoms with Crippen LogP contribution < -0.4 is 15.5 Å². The topological polar surface area (TPSA) is 89.0 Å². The minimum absolute atomic E-state index is 0.0684. The molecular weight excluding hydrogens is 373 g/mol. The molecule has 148 valence electrons. The van der Waals surface area contributed by atoms with E-state index in [4.69, 9.17) is 10.6 Å². The van der Waals surface area contributed by atoms with Gasteiger partial charge >= 0.3 is 6.01 Å². The first-order valence-corrected chi connectivity index (χ1v) is 8.55. The fourth-order valence-corrected chi connectivity index (χ4v) is 2.45. The quantitative estimate of drug-likeness (QED) is 0.444. The van der Waals surface area contributed by atoms with E-state index >= 15 is 0 Å². The zero-order chi connectivity index (χ0) is 20.1. The van der Waals surface area contributed by atoms with Gasteiger partial charge in [-0.25, -0.2) is 23.1 Å². The number of hydrazone groups is 1. The number of anilines is 1. The number of ether oxygens (including phenoxy) is 1. The highest BCUT2D eigenvalue weighted by Crippen LogP contribution is 2.31. The van der Waals surface area contributed by atoms with Crippen LogP contribution in [0.2, 0.25) is 0 Å². The van der Waals surface area contributed by atoms with Crippen molar-refractivity contribution in [1.82, 2.24) is 9.97 Å². The predicted molar refractivity (Wildman–Crippen MR) is 100 cm³/mol. The molecule has 0 saturated carbocycles. The van der Waals surface area contributed by atoms with Gasteiger partial charge in [-0.05, 0) is 24.6 Å². The molecule has 3 rings (SSSR count). The molecule has 28 heavy (non-hydrogen) atoms. The van der Waals surface area contributed by atoms with E-state index in [2.05, 4.69) is 25.0 Å². The average molecular weight is 392 g/mol. The van der Waals surface area contributed by atoms with Crippen molar-refractivity contribution in [2.24, 2.45) is 15.9 Å². The minimum atomic E-state index is -3.32. The Bertz CT molecular complexity index is 876. The van der Waals surface area contributed by atoms with Crippen molar-refractivity contribution < 1.29 is 17.9 Å². The SMILES string of the molecule is CC(F)(F)c1cc(N=CC(COc2ncc(N3CCC3)cn2)=NN)ccc1F. The van der Waals surface area contributed by atoms with Crippen LogP contribution in [0.3, 0.4) is 0 Å². The molecule has 2 aromatic rings. The Hall–Kier alpha value is -3.17. The number of alkyl halides is 2. The lowest BCUT2D eigenvalue weighted by Gasteiger charge is -2.32. The van der Waals surface area contributed by atoms with Gasteiger partial charge in [0, 0.05) is 20.0 Å². The molecule has 0 radical (unpaired) electrons. The van der Waals surface area contributed by atoms with Crippen molar-refractivity contribution in [3.05, 3.63) is 42.0 Å². The third-order valence-corrected chi connectivity index (χ3v) is 4.14. The van der Waals surface area contributed by atoms with Crippen molar-refractivity contribution in [3.8, 4) is 6.01 Å². The number of aliphatic imine (C=N–C) groups is 1. The maximum absolute atomic E-state index is 13.5. The Morgan fingerprint density at radius 1 is 1.32 bits per heavy atom. The summed E-state index contributed by atoms with van der Waals surface area (Å²) in [5, 5.41) is 3.53. The minimum Gasteiger partial charge on any atom is -0.457 e. The fourth-order valence-electron chi connectivity index (χ4n) is 2.45. The first-order valence-electron chi connectivity index (χ1n) is 8.55. The molecular formula is C18H19F3N6O. The molecule has 2 N–H and O–H groups in total. The molecule has 0 unspecified atom stereocenters. The number of rotatable bonds is 7. The van der Waals surface area contributed by atoms with E-state index in [-0.39, 0.29) is 24.0 Å². The molecule has 1 aromatic carbocycles. The summed E-state index contributed by atoms with van der Waals surface area (Å²) >= 11 is 0. The van der Waals surface area contributed by atoms with Gasteiger partial charge in [-0.15, -0.1) is 0 Å². The van der Waals surface area contributed by atoms with Crippen LogP contribution in [0.15, 0.2) is 40.7 Å². The van der Waals surface area contributed by atoms with Gasteiger partial charge in [-0.1, -0.05) is 0 Å². The lowest BCUT2D eigenvalue weighted by Crippen LogP contribution is -2.37. The van der Waals surface area contributed by atoms with Crippen molar-refractivity contribution in [1.29, 1.82) is 0 Å². The number of nitrogens with zero attached hydrogens (tertiary/aromatic N) is 5. The van der Waals surface area contributed by atoms with E-state index in [1.54, 1.807) is 12.4 Å². The predicted octanol–water partition coefficient (Wildman–Crippen LogP) is 3.03. The number of hydrogen-bond acceptors (Lipinski definition) is 7. The fraction of sp³-hybridized carbons (Fsp3) is 0.333. The van der Waals surface area contributed by atoms with Gasteiger partial charge < -0.3 is 15.5 Å². The molecule has 10 heteroatoms. The summed E-state index contributed by atoms with van der Waals surface area (Å²) in [6.07, 6.45) is 5.73. The molecule has 0 bridgehead atoms. The summed E-state index contributed by atoms with van der Waals surface area (Å²) in [6.45, 7) is 2.52. The van der Waals surface area contributed by atoms with E-state index in [0.29, 0.717) is 6.92 Å². The number of nitrogens with two attached hydrogens (primary N) is 1. The Kier molecular flexibility index (Phi) is 5.76. The second kappa shape index (κ2) is 8.24. The molecule has 0 atom stereocenters. The number of benzene rings is 1. The highest BCUT2D eigenvalue weighted by molar-refractivity contribution is 6.31. The van der Waals surface area contributed by atoms with Crippen molar-refractivity contribution in [2.75, 3.05) is 24.6 Å². The first-order chi connectivity index (χ1) is 13.4. The van der Waals surface area contributed by atoms with E-state index < -0.39 is 17.3 Å². The van der Waals surface area contributed by atoms with Gasteiger partial charge in [-0.3, -0.25) is 4.99 Å². The highest BCUT2D eigenvalue weighted by atomic mass is 19.3. The molecule has 1 saturated heterocycles. The normalized spacial score (nSPS) is 15.0. The van der Waals surface area contributed by atoms with E-state index in [1.807, 2.05) is 0 Å². The van der Waals surface area contributed by atoms with Crippen LogP contribution >= 0.6 is 0 Å². The van der Waals surface area contributed by atoms with Crippen LogP contribution in [0, 0.1) is 5.82 Å². The Morgan fingerprint density at radius 3 is 2.61 bits per heavy atom. The van der Waals surface area contributed by atoms with Crippen LogP contribution in [0.5, 0.6) is 6.01 Å². The molecule has 2 heterocycles. The lowest BCUT2D eigenvalue weighted by molar-refractivity contribution is 0.0138. The standard InChI is InChI=1S/C18H19F3N6O/c1-18(20,21)15-7-12(3-4-16(15)19)23-8-13(26-22)11-28-17-24-9-14(10-25-17)27-5-2-6-27/h3-4,7-10H,2,5-6,11,22H2,1H3. The van der Waals surface area contributed by atoms with Crippen LogP contribution in [-0.4, -0.2) is 41.6 Å². The number of hydrogen-bond donors (Lipinski definition) is 1. The number of aromatic nitrogens is 2. The van der Waals surface area contributed by atoms with Gasteiger partial charge in [0.25, 0.3) is 5.92 Å². The molecule has 1 aliphatic rings. The second-order valence-electron chi connectivity index (χ2n) is 6.28. The zero-order valence-corrected chi connectivity index (χ0v) is 15.1. The summed E-state index contributed by atoms with van der Waals surface area (Å²) in [6, 6.07) is 3.32. The monoisotopic (exact) mass is 392 g/mol. The van der Waals surface area contributed by atoms with Crippen LogP contribution in [0.1, 0.15) is 18.9 Å². The smallest absolute Gasteiger partial charge is 0.316 e. The third-order valence-electron chi connectivity index (χ3n) is 4.14. The Balaban J connectivity index is 1.61. The average Bonchev–Trinajstić information content (AvgIpc) is 2.62. The zero-order valence-electron chi connectivity index (χ0n) is 15.1. The summed E-state index contributed by atoms with van der Waals surface area (Å²) in [5.41, 5.74) is 0.548. The van der Waals surface area contributed by atoms with Gasteiger partial charge in [-0.2, -0.15) is 5.10 Å². The van der Waals surface area contributed by atoms with E-state index in [0.717, 1.165) is 37.3 Å². The van der Waals surface area contributed by atoms with Crippen LogP contribution in [0.4, 0.5) is 24.5 Å². The van der Waals surface area contributed by atoms with Crippen molar-refractivity contribution in [2.45, 2.75) is 19.3 Å². The Labute approximate surface area is 159 Å². The molecule has 0 spiro atoms. The second-order valence-corrected chi connectivity index (χ2v) is 6.28. The van der Waals surface area contributed by atoms with E-state index in [9.17, 15) is 13.2 Å². The van der Waals surface area contributed by atoms with Gasteiger partial charge in [0.2, 0.25) is 0 Å². The molecule has 0 amide bonds. The van der Waals surface area contributed by atoms with Gasteiger partial charge in [0.05, 0.1) is 35.5 Å². The van der Waals surface area contributed by atoms with E-state index in [1.165, 1.54) is 12.3 Å². The largest absolute Gasteiger partial charge is 0.457 e. The summed E-state index contributed by atoms with van der Waals surface area (Å²) < 4.78 is 45.7. The molecule has 1 aliphatic heterocycles. The number of halogens is 3. The van der Waals surface area contributed by atoms with Crippen molar-refractivity contribution in [3.63, 3.8) is 0 Å². The molecule has 7 nitrogen and oxygen atoms in total. The molecule has 1 aromatic heterocycles. The lowest BCUT2D eigenvalue weighted by atomic mass is 10.1. The van der Waals surface area contributed by atoms with Crippen LogP contribution in [0.25, 0.3) is 0 Å². The Morgan fingerprint density at radius 2 is 2.04 bits per heavy atom. The summed E-state index contributed by atoms with van der Waals surface area (Å²) in [5.74, 6) is 0.988. The highest BCUT2D eigenvalue weighted by Gasteiger charge is 2.28.